The van der Waals surface area contributed by atoms with Crippen LogP contribution < -0.4 is 9.47 Å². The Labute approximate surface area is 237 Å². The lowest BCUT2D eigenvalue weighted by Gasteiger charge is -2.26. The van der Waals surface area contributed by atoms with Crippen LogP contribution in [0.2, 0.25) is 5.02 Å². The van der Waals surface area contributed by atoms with E-state index in [9.17, 15) is 4.79 Å². The number of methoxy groups -OCH3 is 1. The third kappa shape index (κ3) is 5.05. The van der Waals surface area contributed by atoms with Gasteiger partial charge in [0, 0.05) is 47.2 Å². The fraction of sp³-hybridized carbons (Fsp3) is 0.194. The van der Waals surface area contributed by atoms with Gasteiger partial charge in [0.05, 0.1) is 25.2 Å². The molecule has 9 heteroatoms. The van der Waals surface area contributed by atoms with Crippen LogP contribution in [0.4, 0.5) is 0 Å². The Morgan fingerprint density at radius 2 is 1.75 bits per heavy atom. The highest BCUT2D eigenvalue weighted by atomic mass is 35.5. The molecule has 0 radical (unpaired) electrons. The van der Waals surface area contributed by atoms with Gasteiger partial charge in [0.2, 0.25) is 0 Å². The summed E-state index contributed by atoms with van der Waals surface area (Å²) in [6.45, 7) is 1.72. The number of ether oxygens (including phenoxy) is 2. The Balaban J connectivity index is 1.29. The van der Waals surface area contributed by atoms with Gasteiger partial charge in [-0.1, -0.05) is 41.9 Å². The quantitative estimate of drug-likeness (QED) is 0.224. The minimum absolute atomic E-state index is 0.0584. The van der Waals surface area contributed by atoms with E-state index in [4.69, 9.17) is 21.1 Å². The lowest BCUT2D eigenvalue weighted by Crippen LogP contribution is -2.31. The molecule has 0 aliphatic carbocycles. The number of fused-ring (bicyclic) bond motifs is 1. The minimum Gasteiger partial charge on any atom is -0.497 e. The third-order valence-corrected chi connectivity index (χ3v) is 7.52. The molecule has 1 aliphatic heterocycles. The molecule has 1 amide bonds. The number of amides is 1. The van der Waals surface area contributed by atoms with Crippen LogP contribution in [-0.2, 0) is 13.2 Å². The highest BCUT2D eigenvalue weighted by Gasteiger charge is 2.41. The van der Waals surface area contributed by atoms with E-state index in [0.29, 0.717) is 23.9 Å². The van der Waals surface area contributed by atoms with E-state index in [1.54, 1.807) is 19.6 Å². The third-order valence-electron chi connectivity index (χ3n) is 7.15. The summed E-state index contributed by atoms with van der Waals surface area (Å²) < 4.78 is 13.4. The zero-order chi connectivity index (χ0) is 27.5. The second-order valence-corrected chi connectivity index (χ2v) is 10.0. The van der Waals surface area contributed by atoms with Gasteiger partial charge in [0.25, 0.3) is 5.91 Å². The molecule has 5 aromatic rings. The molecule has 0 fully saturated rings. The number of aromatic amines is 1. The zero-order valence-electron chi connectivity index (χ0n) is 22.0. The van der Waals surface area contributed by atoms with E-state index in [1.807, 2.05) is 88.5 Å². The van der Waals surface area contributed by atoms with Gasteiger partial charge >= 0.3 is 0 Å². The monoisotopic (exact) mass is 553 g/mol. The normalized spacial score (nSPS) is 14.4. The number of carbonyl (C=O) groups excluding carboxylic acids is 1. The van der Waals surface area contributed by atoms with Crippen molar-refractivity contribution < 1.29 is 14.3 Å². The second kappa shape index (κ2) is 11.3. The first kappa shape index (κ1) is 25.7. The van der Waals surface area contributed by atoms with E-state index in [0.717, 1.165) is 52.4 Å². The number of hydrogen-bond donors (Lipinski definition) is 1. The van der Waals surface area contributed by atoms with Gasteiger partial charge in [-0.3, -0.25) is 9.89 Å². The Morgan fingerprint density at radius 1 is 0.975 bits per heavy atom. The van der Waals surface area contributed by atoms with Crippen LogP contribution in [0.3, 0.4) is 0 Å². The van der Waals surface area contributed by atoms with Crippen molar-refractivity contribution in [2.45, 2.75) is 25.6 Å². The largest absolute Gasteiger partial charge is 0.497 e. The number of aryl methyl sites for hydroxylation is 1. The van der Waals surface area contributed by atoms with Gasteiger partial charge in [0.1, 0.15) is 23.8 Å². The Morgan fingerprint density at radius 3 is 2.48 bits per heavy atom. The highest BCUT2D eigenvalue weighted by molar-refractivity contribution is 6.31. The van der Waals surface area contributed by atoms with Gasteiger partial charge in [0.15, 0.2) is 0 Å². The molecule has 0 saturated carbocycles. The maximum Gasteiger partial charge on any atom is 0.273 e. The molecule has 1 atom stereocenters. The molecule has 0 bridgehead atoms. The first-order valence-electron chi connectivity index (χ1n) is 13.1. The van der Waals surface area contributed by atoms with Crippen molar-refractivity contribution in [3.05, 3.63) is 119 Å². The first-order valence-corrected chi connectivity index (χ1v) is 13.5. The molecule has 1 aliphatic rings. The van der Waals surface area contributed by atoms with E-state index >= 15 is 0 Å². The fourth-order valence-corrected chi connectivity index (χ4v) is 5.30. The van der Waals surface area contributed by atoms with E-state index in [1.165, 1.54) is 0 Å². The van der Waals surface area contributed by atoms with Crippen LogP contribution in [0.15, 0.2) is 91.5 Å². The Hall–Kier alpha value is -4.56. The van der Waals surface area contributed by atoms with Crippen molar-refractivity contribution in [2.24, 2.45) is 0 Å². The standard InChI is InChI=1S/C31H28ClN5O3/c1-39-24-11-7-21(8-12-24)28-27-29(35-34-28)31(38)37(17-4-16-36-18-15-33-20-36)30(27)22-9-13-25(14-10-22)40-19-23-5-2-3-6-26(23)32/h2-3,5-15,18,20,30H,4,16-17,19H2,1H3,(H,34,35). The summed E-state index contributed by atoms with van der Waals surface area (Å²) in [5.74, 6) is 1.43. The molecule has 1 N–H and O–H groups in total. The lowest BCUT2D eigenvalue weighted by atomic mass is 9.96. The number of halogens is 1. The van der Waals surface area contributed by atoms with E-state index < -0.39 is 0 Å². The molecule has 3 heterocycles. The van der Waals surface area contributed by atoms with Crippen LogP contribution in [0.25, 0.3) is 11.3 Å². The highest BCUT2D eigenvalue weighted by Crippen LogP contribution is 2.43. The van der Waals surface area contributed by atoms with Gasteiger partial charge in [-0.2, -0.15) is 5.10 Å². The molecule has 8 nitrogen and oxygen atoms in total. The van der Waals surface area contributed by atoms with Crippen LogP contribution in [0.1, 0.15) is 39.6 Å². The summed E-state index contributed by atoms with van der Waals surface area (Å²) in [6.07, 6.45) is 6.27. The molecular formula is C31H28ClN5O3. The summed E-state index contributed by atoms with van der Waals surface area (Å²) in [5, 5.41) is 8.27. The number of aromatic nitrogens is 4. The predicted molar refractivity (Wildman–Crippen MR) is 153 cm³/mol. The maximum atomic E-state index is 13.7. The number of nitrogens with zero attached hydrogens (tertiary/aromatic N) is 4. The van der Waals surface area contributed by atoms with Crippen LogP contribution in [0.5, 0.6) is 11.5 Å². The SMILES string of the molecule is COc1ccc(-c2n[nH]c3c2C(c2ccc(OCc4ccccc4Cl)cc2)N(CCCn2ccnc2)C3=O)cc1. The smallest absolute Gasteiger partial charge is 0.273 e. The number of imidazole rings is 1. The second-order valence-electron chi connectivity index (χ2n) is 9.59. The average molecular weight is 554 g/mol. The van der Waals surface area contributed by atoms with Crippen molar-refractivity contribution in [2.75, 3.05) is 13.7 Å². The zero-order valence-corrected chi connectivity index (χ0v) is 22.7. The predicted octanol–water partition coefficient (Wildman–Crippen LogP) is 6.15. The first-order chi connectivity index (χ1) is 19.6. The molecule has 0 saturated heterocycles. The Kier molecular flexibility index (Phi) is 7.25. The van der Waals surface area contributed by atoms with Crippen molar-refractivity contribution in [3.63, 3.8) is 0 Å². The van der Waals surface area contributed by atoms with Crippen molar-refractivity contribution in [1.82, 2.24) is 24.6 Å². The minimum atomic E-state index is -0.293. The summed E-state index contributed by atoms with van der Waals surface area (Å²) in [5.41, 5.74) is 4.98. The summed E-state index contributed by atoms with van der Waals surface area (Å²) in [7, 11) is 1.64. The van der Waals surface area contributed by atoms with Crippen molar-refractivity contribution in [3.8, 4) is 22.8 Å². The molecule has 1 unspecified atom stereocenters. The molecule has 3 aromatic carbocycles. The molecular weight excluding hydrogens is 526 g/mol. The van der Waals surface area contributed by atoms with Crippen LogP contribution in [-0.4, -0.2) is 44.2 Å². The fourth-order valence-electron chi connectivity index (χ4n) is 5.11. The lowest BCUT2D eigenvalue weighted by molar-refractivity contribution is 0.0739. The molecule has 0 spiro atoms. The van der Waals surface area contributed by atoms with Gasteiger partial charge in [-0.05, 0) is 54.4 Å². The number of nitrogens with one attached hydrogen (secondary N) is 1. The molecule has 40 heavy (non-hydrogen) atoms. The van der Waals surface area contributed by atoms with E-state index in [2.05, 4.69) is 15.2 Å². The van der Waals surface area contributed by atoms with Gasteiger partial charge < -0.3 is 18.9 Å². The maximum absolute atomic E-state index is 13.7. The topological polar surface area (TPSA) is 85.3 Å². The molecule has 2 aromatic heterocycles. The summed E-state index contributed by atoms with van der Waals surface area (Å²) in [6, 6.07) is 23.0. The Bertz CT molecular complexity index is 1600. The van der Waals surface area contributed by atoms with Crippen molar-refractivity contribution in [1.29, 1.82) is 0 Å². The number of benzene rings is 3. The van der Waals surface area contributed by atoms with Gasteiger partial charge in [-0.15, -0.1) is 0 Å². The van der Waals surface area contributed by atoms with Crippen molar-refractivity contribution >= 4 is 17.5 Å². The number of H-pyrrole nitrogens is 1. The number of carbonyl (C=O) groups is 1. The van der Waals surface area contributed by atoms with Crippen LogP contribution in [0, 0.1) is 0 Å². The summed E-state index contributed by atoms with van der Waals surface area (Å²) >= 11 is 6.29. The van der Waals surface area contributed by atoms with E-state index in [-0.39, 0.29) is 11.9 Å². The average Bonchev–Trinajstić information content (AvgIpc) is 3.72. The number of rotatable bonds is 10. The van der Waals surface area contributed by atoms with Gasteiger partial charge in [-0.25, -0.2) is 4.98 Å². The molecule has 6 rings (SSSR count). The molecule has 202 valence electrons. The summed E-state index contributed by atoms with van der Waals surface area (Å²) in [4.78, 5) is 19.7. The number of hydrogen-bond acceptors (Lipinski definition) is 5. The van der Waals surface area contributed by atoms with Crippen LogP contribution >= 0.6 is 11.6 Å².